The van der Waals surface area contributed by atoms with E-state index in [2.05, 4.69) is 9.47 Å². The van der Waals surface area contributed by atoms with Crippen molar-refractivity contribution in [1.29, 1.82) is 0 Å². The van der Waals surface area contributed by atoms with E-state index in [1.807, 2.05) is 0 Å². The van der Waals surface area contributed by atoms with Gasteiger partial charge in [-0.25, -0.2) is 0 Å². The van der Waals surface area contributed by atoms with E-state index in [1.165, 1.54) is 13.8 Å². The first-order valence-corrected chi connectivity index (χ1v) is 4.66. The van der Waals surface area contributed by atoms with E-state index in [-0.39, 0.29) is 19.7 Å². The van der Waals surface area contributed by atoms with E-state index in [0.29, 0.717) is 0 Å². The van der Waals surface area contributed by atoms with Gasteiger partial charge in [0.1, 0.15) is 12.6 Å². The first-order chi connectivity index (χ1) is 7.84. The minimum atomic E-state index is -0.963. The Morgan fingerprint density at radius 1 is 1.47 bits per heavy atom. The lowest BCUT2D eigenvalue weighted by Crippen LogP contribution is -2.25. The highest BCUT2D eigenvalue weighted by Gasteiger charge is 2.08. The Labute approximate surface area is 98.3 Å². The van der Waals surface area contributed by atoms with Gasteiger partial charge in [0.25, 0.3) is 6.47 Å². The van der Waals surface area contributed by atoms with Crippen molar-refractivity contribution < 1.29 is 34.1 Å². The van der Waals surface area contributed by atoms with Crippen LogP contribution >= 0.6 is 0 Å². The van der Waals surface area contributed by atoms with Gasteiger partial charge in [0.15, 0.2) is 6.10 Å². The summed E-state index contributed by atoms with van der Waals surface area (Å²) in [5.74, 6) is -1.44. The number of rotatable bonds is 6. The molecule has 0 radical (unpaired) electrons. The fourth-order valence-electron chi connectivity index (χ4n) is 0.424. The molecule has 0 aromatic rings. The molecule has 100 valence electrons. The van der Waals surface area contributed by atoms with Gasteiger partial charge in [-0.1, -0.05) is 0 Å². The minimum Gasteiger partial charge on any atom is -0.480 e. The predicted octanol–water partition coefficient (Wildman–Crippen LogP) is -1.50. The molecule has 0 bridgehead atoms. The quantitative estimate of drug-likeness (QED) is 0.383. The molecule has 0 rings (SSSR count). The van der Waals surface area contributed by atoms with Gasteiger partial charge in [-0.15, -0.1) is 0 Å². The molecule has 2 atom stereocenters. The molecule has 0 aliphatic rings. The second kappa shape index (κ2) is 10.8. The molecule has 17 heavy (non-hydrogen) atoms. The summed E-state index contributed by atoms with van der Waals surface area (Å²) in [5, 5.41) is 16.4. The fourth-order valence-corrected chi connectivity index (χ4v) is 0.424. The number of carboxylic acid groups (broad SMARTS) is 1. The monoisotopic (exact) mass is 251 g/mol. The number of carbonyl (C=O) groups is 3. The van der Waals surface area contributed by atoms with Crippen LogP contribution in [-0.4, -0.2) is 54.0 Å². The van der Waals surface area contributed by atoms with Crippen LogP contribution in [0.1, 0.15) is 13.8 Å². The van der Waals surface area contributed by atoms with E-state index >= 15 is 0 Å². The van der Waals surface area contributed by atoms with Crippen LogP contribution in [0.25, 0.3) is 0 Å². The summed E-state index contributed by atoms with van der Waals surface area (Å²) in [5.41, 5.74) is 4.84. The highest BCUT2D eigenvalue weighted by Crippen LogP contribution is 1.89. The largest absolute Gasteiger partial charge is 0.480 e. The number of aliphatic carboxylic acids is 1. The number of aliphatic hydroxyl groups is 1. The number of esters is 1. The van der Waals surface area contributed by atoms with Crippen LogP contribution in [0.4, 0.5) is 0 Å². The third kappa shape index (κ3) is 14.3. The van der Waals surface area contributed by atoms with Crippen LogP contribution in [0.2, 0.25) is 0 Å². The van der Waals surface area contributed by atoms with E-state index in [0.717, 1.165) is 0 Å². The van der Waals surface area contributed by atoms with Gasteiger partial charge in [0.05, 0.1) is 6.61 Å². The smallest absolute Gasteiger partial charge is 0.320 e. The lowest BCUT2D eigenvalue weighted by Gasteiger charge is -2.10. The normalized spacial score (nSPS) is 12.5. The number of carbonyl (C=O) groups excluding carboxylic acids is 2. The predicted molar refractivity (Wildman–Crippen MR) is 55.9 cm³/mol. The SMILES string of the molecule is CC(=O)OCC(CO)OC=O.CC(N)C(=O)O. The number of ether oxygens (including phenoxy) is 2. The summed E-state index contributed by atoms with van der Waals surface area (Å²) in [6.45, 7) is 2.39. The fraction of sp³-hybridized carbons (Fsp3) is 0.667. The van der Waals surface area contributed by atoms with Gasteiger partial charge in [-0.2, -0.15) is 0 Å². The summed E-state index contributed by atoms with van der Waals surface area (Å²) < 4.78 is 8.80. The molecule has 2 unspecified atom stereocenters. The molecule has 0 aliphatic carbocycles. The van der Waals surface area contributed by atoms with Gasteiger partial charge in [0, 0.05) is 6.92 Å². The molecule has 0 saturated carbocycles. The number of nitrogens with two attached hydrogens (primary N) is 1. The second-order valence-corrected chi connectivity index (χ2v) is 2.97. The Morgan fingerprint density at radius 2 is 1.94 bits per heavy atom. The molecule has 0 aromatic carbocycles. The molecule has 8 nitrogen and oxygen atoms in total. The third-order valence-corrected chi connectivity index (χ3v) is 1.31. The lowest BCUT2D eigenvalue weighted by atomic mass is 10.4. The van der Waals surface area contributed by atoms with Crippen LogP contribution in [0.5, 0.6) is 0 Å². The maximum Gasteiger partial charge on any atom is 0.320 e. The number of carboxylic acids is 1. The molecule has 0 spiro atoms. The van der Waals surface area contributed by atoms with Gasteiger partial charge in [-0.05, 0) is 6.92 Å². The zero-order valence-corrected chi connectivity index (χ0v) is 9.66. The van der Waals surface area contributed by atoms with Crippen LogP contribution in [0, 0.1) is 0 Å². The summed E-state index contributed by atoms with van der Waals surface area (Å²) in [4.78, 5) is 29.5. The van der Waals surface area contributed by atoms with E-state index in [1.54, 1.807) is 0 Å². The number of hydrogen-bond donors (Lipinski definition) is 3. The number of aliphatic hydroxyl groups excluding tert-OH is 1. The molecule has 0 heterocycles. The van der Waals surface area contributed by atoms with Crippen LogP contribution in [0.15, 0.2) is 0 Å². The maximum absolute atomic E-state index is 10.2. The summed E-state index contributed by atoms with van der Waals surface area (Å²) in [6, 6.07) is -0.731. The van der Waals surface area contributed by atoms with E-state index in [9.17, 15) is 14.4 Å². The topological polar surface area (TPSA) is 136 Å². The van der Waals surface area contributed by atoms with Gasteiger partial charge >= 0.3 is 11.9 Å². The first-order valence-electron chi connectivity index (χ1n) is 4.66. The molecular formula is C9H17NO7. The van der Waals surface area contributed by atoms with Crippen molar-refractivity contribution in [3.05, 3.63) is 0 Å². The molecular weight excluding hydrogens is 234 g/mol. The maximum atomic E-state index is 10.2. The van der Waals surface area contributed by atoms with Crippen LogP contribution in [0.3, 0.4) is 0 Å². The first kappa shape index (κ1) is 17.7. The Bertz CT molecular complexity index is 241. The van der Waals surface area contributed by atoms with Crippen molar-refractivity contribution in [3.63, 3.8) is 0 Å². The van der Waals surface area contributed by atoms with E-state index < -0.39 is 24.1 Å². The van der Waals surface area contributed by atoms with E-state index in [4.69, 9.17) is 15.9 Å². The highest BCUT2D eigenvalue weighted by molar-refractivity contribution is 5.72. The average Bonchev–Trinajstić information content (AvgIpc) is 2.24. The zero-order chi connectivity index (χ0) is 13.8. The average molecular weight is 251 g/mol. The minimum absolute atomic E-state index is 0.107. The molecule has 0 fully saturated rings. The van der Waals surface area contributed by atoms with Crippen molar-refractivity contribution in [1.82, 2.24) is 0 Å². The zero-order valence-electron chi connectivity index (χ0n) is 9.66. The number of hydrogen-bond acceptors (Lipinski definition) is 7. The summed E-state index contributed by atoms with van der Waals surface area (Å²) in [6.07, 6.45) is -0.753. The molecule has 0 amide bonds. The van der Waals surface area contributed by atoms with Gasteiger partial charge < -0.3 is 25.4 Å². The van der Waals surface area contributed by atoms with Gasteiger partial charge in [0.2, 0.25) is 0 Å². The Balaban J connectivity index is 0. The Kier molecular flexibility index (Phi) is 11.3. The Hall–Kier alpha value is -1.67. The molecule has 4 N–H and O–H groups in total. The van der Waals surface area contributed by atoms with Gasteiger partial charge in [-0.3, -0.25) is 14.4 Å². The molecule has 8 heteroatoms. The summed E-state index contributed by atoms with van der Waals surface area (Å²) in [7, 11) is 0. The standard InChI is InChI=1S/C6H10O5.C3H7NO2/c1-5(9)10-3-6(2-7)11-4-8;1-2(4)3(5)6/h4,6-7H,2-3H2,1H3;2H,4H2,1H3,(H,5,6). The Morgan fingerprint density at radius 3 is 2.18 bits per heavy atom. The highest BCUT2D eigenvalue weighted by atomic mass is 16.6. The van der Waals surface area contributed by atoms with Crippen LogP contribution in [-0.2, 0) is 23.9 Å². The van der Waals surface area contributed by atoms with Crippen LogP contribution < -0.4 is 5.73 Å². The van der Waals surface area contributed by atoms with Crippen molar-refractivity contribution in [2.45, 2.75) is 26.0 Å². The molecule has 0 aromatic heterocycles. The second-order valence-electron chi connectivity index (χ2n) is 2.97. The van der Waals surface area contributed by atoms with Crippen molar-refractivity contribution in [3.8, 4) is 0 Å². The third-order valence-electron chi connectivity index (χ3n) is 1.31. The lowest BCUT2D eigenvalue weighted by molar-refractivity contribution is -0.151. The van der Waals surface area contributed by atoms with Crippen molar-refractivity contribution in [2.75, 3.05) is 13.2 Å². The van der Waals surface area contributed by atoms with Crippen molar-refractivity contribution in [2.24, 2.45) is 5.73 Å². The molecule has 0 aliphatic heterocycles. The summed E-state index contributed by atoms with van der Waals surface area (Å²) >= 11 is 0. The molecule has 0 saturated heterocycles. The van der Waals surface area contributed by atoms with Crippen molar-refractivity contribution >= 4 is 18.4 Å².